The lowest BCUT2D eigenvalue weighted by Crippen LogP contribution is -3.00. The third kappa shape index (κ3) is 3.83. The van der Waals surface area contributed by atoms with E-state index >= 15 is 0 Å². The number of aromatic amines is 1. The Balaban J connectivity index is 0.00000208. The minimum atomic E-state index is 0. The van der Waals surface area contributed by atoms with Crippen molar-refractivity contribution in [1.82, 2.24) is 10.3 Å². The Kier molecular flexibility index (Phi) is 6.53. The van der Waals surface area contributed by atoms with Crippen LogP contribution in [0.15, 0.2) is 48.7 Å². The standard InChI is InChI=1S/C19H22N2O2.ClH/c1-22-18-9-5-6-15(19(18)23-2)12-20-11-10-14-13-21-17-8-4-3-7-16(14)17;/h3-9,13,20-21H,10-12H2,1-2H3;1H/p-1. The molecule has 0 radical (unpaired) electrons. The van der Waals surface area contributed by atoms with Crippen LogP contribution in [-0.4, -0.2) is 25.7 Å². The quantitative estimate of drug-likeness (QED) is 0.614. The number of hydrogen-bond donors (Lipinski definition) is 2. The first-order chi connectivity index (χ1) is 11.3. The highest BCUT2D eigenvalue weighted by molar-refractivity contribution is 5.83. The predicted octanol–water partition coefficient (Wildman–Crippen LogP) is 0.521. The van der Waals surface area contributed by atoms with E-state index in [0.29, 0.717) is 0 Å². The molecule has 0 spiro atoms. The topological polar surface area (TPSA) is 46.3 Å². The van der Waals surface area contributed by atoms with Gasteiger partial charge in [-0.1, -0.05) is 30.3 Å². The van der Waals surface area contributed by atoms with Crippen molar-refractivity contribution in [2.45, 2.75) is 13.0 Å². The van der Waals surface area contributed by atoms with Gasteiger partial charge in [0.15, 0.2) is 11.5 Å². The maximum Gasteiger partial charge on any atom is 0.165 e. The number of rotatable bonds is 7. The lowest BCUT2D eigenvalue weighted by atomic mass is 10.1. The van der Waals surface area contributed by atoms with Crippen molar-refractivity contribution in [1.29, 1.82) is 0 Å². The molecule has 1 heterocycles. The van der Waals surface area contributed by atoms with Crippen LogP contribution in [0.2, 0.25) is 0 Å². The third-order valence-corrected chi connectivity index (χ3v) is 4.05. The van der Waals surface area contributed by atoms with Crippen molar-refractivity contribution in [3.05, 3.63) is 59.8 Å². The maximum atomic E-state index is 5.46. The lowest BCUT2D eigenvalue weighted by Gasteiger charge is -2.13. The second-order valence-corrected chi connectivity index (χ2v) is 5.44. The molecule has 2 N–H and O–H groups in total. The van der Waals surface area contributed by atoms with Gasteiger partial charge in [0.05, 0.1) is 14.2 Å². The van der Waals surface area contributed by atoms with Crippen molar-refractivity contribution in [2.24, 2.45) is 0 Å². The average Bonchev–Trinajstić information content (AvgIpc) is 3.01. The van der Waals surface area contributed by atoms with Crippen LogP contribution in [0.3, 0.4) is 0 Å². The Morgan fingerprint density at radius 2 is 1.79 bits per heavy atom. The fraction of sp³-hybridized carbons (Fsp3) is 0.263. The monoisotopic (exact) mass is 345 g/mol. The maximum absolute atomic E-state index is 5.46. The molecule has 0 amide bonds. The number of methoxy groups -OCH3 is 2. The van der Waals surface area contributed by atoms with E-state index in [4.69, 9.17) is 9.47 Å². The minimum absolute atomic E-state index is 0. The van der Waals surface area contributed by atoms with Gasteiger partial charge >= 0.3 is 0 Å². The van der Waals surface area contributed by atoms with Gasteiger partial charge in [-0.15, -0.1) is 0 Å². The van der Waals surface area contributed by atoms with Gasteiger partial charge in [-0.3, -0.25) is 0 Å². The minimum Gasteiger partial charge on any atom is -1.00 e. The number of hydrogen-bond acceptors (Lipinski definition) is 3. The van der Waals surface area contributed by atoms with Gasteiger partial charge < -0.3 is 32.2 Å². The van der Waals surface area contributed by atoms with E-state index in [9.17, 15) is 0 Å². The summed E-state index contributed by atoms with van der Waals surface area (Å²) in [6.45, 7) is 1.66. The van der Waals surface area contributed by atoms with Crippen LogP contribution in [0.4, 0.5) is 0 Å². The molecule has 4 nitrogen and oxygen atoms in total. The zero-order valence-electron chi connectivity index (χ0n) is 13.9. The molecule has 128 valence electrons. The molecule has 0 bridgehead atoms. The molecule has 2 aromatic carbocycles. The third-order valence-electron chi connectivity index (χ3n) is 4.05. The highest BCUT2D eigenvalue weighted by Gasteiger charge is 2.09. The van der Waals surface area contributed by atoms with Crippen molar-refractivity contribution in [3.63, 3.8) is 0 Å². The zero-order valence-corrected chi connectivity index (χ0v) is 14.7. The lowest BCUT2D eigenvalue weighted by molar-refractivity contribution is -0.00000521. The molecule has 24 heavy (non-hydrogen) atoms. The van der Waals surface area contributed by atoms with Crippen LogP contribution >= 0.6 is 0 Å². The predicted molar refractivity (Wildman–Crippen MR) is 93.3 cm³/mol. The molecule has 0 aliphatic carbocycles. The molecule has 3 rings (SSSR count). The normalized spacial score (nSPS) is 10.4. The van der Waals surface area contributed by atoms with Crippen molar-refractivity contribution >= 4 is 10.9 Å². The van der Waals surface area contributed by atoms with E-state index in [1.807, 2.05) is 12.1 Å². The van der Waals surface area contributed by atoms with E-state index in [0.717, 1.165) is 36.6 Å². The molecule has 0 unspecified atom stereocenters. The van der Waals surface area contributed by atoms with Crippen LogP contribution in [0.5, 0.6) is 11.5 Å². The number of H-pyrrole nitrogens is 1. The molecule has 0 saturated heterocycles. The van der Waals surface area contributed by atoms with Gasteiger partial charge in [0.25, 0.3) is 0 Å². The van der Waals surface area contributed by atoms with Gasteiger partial charge in [0.1, 0.15) is 0 Å². The smallest absolute Gasteiger partial charge is 0.165 e. The molecule has 3 aromatic rings. The van der Waals surface area contributed by atoms with Crippen LogP contribution in [0.25, 0.3) is 10.9 Å². The molecule has 5 heteroatoms. The largest absolute Gasteiger partial charge is 1.00 e. The first-order valence-electron chi connectivity index (χ1n) is 7.79. The summed E-state index contributed by atoms with van der Waals surface area (Å²) in [7, 11) is 3.33. The summed E-state index contributed by atoms with van der Waals surface area (Å²) >= 11 is 0. The summed E-state index contributed by atoms with van der Waals surface area (Å²) in [6, 6.07) is 14.3. The summed E-state index contributed by atoms with van der Waals surface area (Å²) in [5, 5.41) is 4.78. The van der Waals surface area contributed by atoms with Gasteiger partial charge in [0.2, 0.25) is 0 Å². The van der Waals surface area contributed by atoms with Crippen molar-refractivity contribution < 1.29 is 21.9 Å². The second kappa shape index (κ2) is 8.62. The van der Waals surface area contributed by atoms with E-state index in [2.05, 4.69) is 46.8 Å². The Hall–Kier alpha value is -2.17. The van der Waals surface area contributed by atoms with Gasteiger partial charge in [-0.2, -0.15) is 0 Å². The molecule has 0 aliphatic heterocycles. The first kappa shape index (κ1) is 18.2. The number of para-hydroxylation sites is 2. The molecular formula is C19H22ClN2O2-. The number of fused-ring (bicyclic) bond motifs is 1. The Morgan fingerprint density at radius 3 is 2.58 bits per heavy atom. The summed E-state index contributed by atoms with van der Waals surface area (Å²) < 4.78 is 10.8. The van der Waals surface area contributed by atoms with Crippen molar-refractivity contribution in [3.8, 4) is 11.5 Å². The van der Waals surface area contributed by atoms with E-state index in [1.54, 1.807) is 14.2 Å². The number of ether oxygens (including phenoxy) is 2. The van der Waals surface area contributed by atoms with Gasteiger partial charge in [0, 0.05) is 29.2 Å². The molecule has 1 aromatic heterocycles. The Labute approximate surface area is 148 Å². The second-order valence-electron chi connectivity index (χ2n) is 5.44. The molecule has 0 fully saturated rings. The molecule has 0 aliphatic rings. The van der Waals surface area contributed by atoms with Gasteiger partial charge in [-0.05, 0) is 30.7 Å². The first-order valence-corrected chi connectivity index (χ1v) is 7.79. The molecule has 0 saturated carbocycles. The number of halogens is 1. The summed E-state index contributed by atoms with van der Waals surface area (Å²) in [6.07, 6.45) is 3.08. The zero-order chi connectivity index (χ0) is 16.1. The molecule has 0 atom stereocenters. The average molecular weight is 346 g/mol. The highest BCUT2D eigenvalue weighted by atomic mass is 35.5. The van der Waals surface area contributed by atoms with Crippen LogP contribution in [0, 0.1) is 0 Å². The van der Waals surface area contributed by atoms with E-state index < -0.39 is 0 Å². The molecular weight excluding hydrogens is 324 g/mol. The van der Waals surface area contributed by atoms with E-state index in [-0.39, 0.29) is 12.4 Å². The van der Waals surface area contributed by atoms with Crippen LogP contribution in [-0.2, 0) is 13.0 Å². The fourth-order valence-electron chi connectivity index (χ4n) is 2.88. The number of aromatic nitrogens is 1. The number of benzene rings is 2. The highest BCUT2D eigenvalue weighted by Crippen LogP contribution is 2.30. The Bertz CT molecular complexity index is 786. The number of nitrogens with one attached hydrogen (secondary N) is 2. The summed E-state index contributed by atoms with van der Waals surface area (Å²) in [4.78, 5) is 3.32. The summed E-state index contributed by atoms with van der Waals surface area (Å²) in [5.74, 6) is 1.57. The van der Waals surface area contributed by atoms with Crippen molar-refractivity contribution in [2.75, 3.05) is 20.8 Å². The SMILES string of the molecule is COc1cccc(CNCCc2c[nH]c3ccccc23)c1OC.[Cl-]. The Morgan fingerprint density at radius 1 is 0.958 bits per heavy atom. The van der Waals surface area contributed by atoms with Crippen LogP contribution < -0.4 is 27.2 Å². The van der Waals surface area contributed by atoms with Crippen LogP contribution in [0.1, 0.15) is 11.1 Å². The van der Waals surface area contributed by atoms with E-state index in [1.165, 1.54) is 16.5 Å². The fourth-order valence-corrected chi connectivity index (χ4v) is 2.88. The summed E-state index contributed by atoms with van der Waals surface area (Å²) in [5.41, 5.74) is 3.63. The van der Waals surface area contributed by atoms with Gasteiger partial charge in [-0.25, -0.2) is 0 Å².